The van der Waals surface area contributed by atoms with Crippen LogP contribution in [0, 0.1) is 0 Å². The van der Waals surface area contributed by atoms with Crippen molar-refractivity contribution in [3.8, 4) is 0 Å². The molecule has 0 saturated heterocycles. The molecule has 1 aromatic heterocycles. The Labute approximate surface area is 95.0 Å². The van der Waals surface area contributed by atoms with Crippen LogP contribution < -0.4 is 11.1 Å². The van der Waals surface area contributed by atoms with Crippen molar-refractivity contribution in [2.24, 2.45) is 0 Å². The van der Waals surface area contributed by atoms with Crippen molar-refractivity contribution in [3.63, 3.8) is 0 Å². The Morgan fingerprint density at radius 1 is 1.62 bits per heavy atom. The average Bonchev–Trinajstić information content (AvgIpc) is 2.27. The van der Waals surface area contributed by atoms with Gasteiger partial charge in [0.2, 0.25) is 0 Å². The summed E-state index contributed by atoms with van der Waals surface area (Å²) in [5.74, 6) is -0.216. The zero-order chi connectivity index (χ0) is 12.0. The first kappa shape index (κ1) is 12.4. The summed E-state index contributed by atoms with van der Waals surface area (Å²) < 4.78 is 5.29. The van der Waals surface area contributed by atoms with Crippen molar-refractivity contribution >= 4 is 11.6 Å². The second kappa shape index (κ2) is 6.07. The van der Waals surface area contributed by atoms with E-state index in [-0.39, 0.29) is 12.0 Å². The molecule has 0 bridgehead atoms. The molecule has 88 valence electrons. The van der Waals surface area contributed by atoms with Crippen LogP contribution in [0.1, 0.15) is 24.3 Å². The first-order valence-corrected chi connectivity index (χ1v) is 5.24. The molecule has 0 radical (unpaired) electrons. The monoisotopic (exact) mass is 223 g/mol. The molecule has 0 aliphatic carbocycles. The smallest absolute Gasteiger partial charge is 0.269 e. The van der Waals surface area contributed by atoms with E-state index in [1.165, 1.54) is 6.20 Å². The fourth-order valence-electron chi connectivity index (χ4n) is 1.21. The number of carbonyl (C=O) groups is 1. The molecular weight excluding hydrogens is 206 g/mol. The van der Waals surface area contributed by atoms with Gasteiger partial charge in [0.15, 0.2) is 0 Å². The normalized spacial score (nSPS) is 12.1. The number of amides is 1. The number of pyridine rings is 1. The highest BCUT2D eigenvalue weighted by Gasteiger charge is 2.08. The molecule has 0 fully saturated rings. The molecule has 1 atom stereocenters. The number of hydrogen-bond donors (Lipinski definition) is 2. The van der Waals surface area contributed by atoms with E-state index in [1.54, 1.807) is 12.1 Å². The summed E-state index contributed by atoms with van der Waals surface area (Å²) in [6.07, 6.45) is 1.46. The second-order valence-electron chi connectivity index (χ2n) is 3.45. The van der Waals surface area contributed by atoms with E-state index in [1.807, 2.05) is 13.8 Å². The molecule has 1 heterocycles. The molecule has 1 aromatic rings. The highest BCUT2D eigenvalue weighted by Crippen LogP contribution is 2.00. The number of rotatable bonds is 5. The van der Waals surface area contributed by atoms with Crippen LogP contribution in [-0.2, 0) is 4.74 Å². The molecule has 16 heavy (non-hydrogen) atoms. The van der Waals surface area contributed by atoms with Crippen molar-refractivity contribution < 1.29 is 9.53 Å². The Balaban J connectivity index is 2.43. The van der Waals surface area contributed by atoms with E-state index in [2.05, 4.69) is 10.3 Å². The minimum atomic E-state index is -0.216. The maximum atomic E-state index is 11.6. The summed E-state index contributed by atoms with van der Waals surface area (Å²) in [4.78, 5) is 15.5. The summed E-state index contributed by atoms with van der Waals surface area (Å²) in [5.41, 5.74) is 6.37. The van der Waals surface area contributed by atoms with E-state index in [9.17, 15) is 4.79 Å². The number of nitrogens with one attached hydrogen (secondary N) is 1. The van der Waals surface area contributed by atoms with Crippen LogP contribution in [0.15, 0.2) is 18.3 Å². The van der Waals surface area contributed by atoms with Crippen LogP contribution in [0.2, 0.25) is 0 Å². The number of aromatic nitrogens is 1. The molecule has 1 rings (SSSR count). The van der Waals surface area contributed by atoms with Gasteiger partial charge < -0.3 is 15.8 Å². The van der Waals surface area contributed by atoms with Gasteiger partial charge in [-0.15, -0.1) is 0 Å². The average molecular weight is 223 g/mol. The van der Waals surface area contributed by atoms with Gasteiger partial charge in [0.05, 0.1) is 18.0 Å². The lowest BCUT2D eigenvalue weighted by Crippen LogP contribution is -2.32. The Kier molecular flexibility index (Phi) is 4.72. The predicted octanol–water partition coefficient (Wildman–Crippen LogP) is 0.819. The van der Waals surface area contributed by atoms with Crippen LogP contribution in [0.5, 0.6) is 0 Å². The maximum Gasteiger partial charge on any atom is 0.269 e. The van der Waals surface area contributed by atoms with Gasteiger partial charge in [-0.3, -0.25) is 4.79 Å². The lowest BCUT2D eigenvalue weighted by molar-refractivity contribution is 0.0693. The van der Waals surface area contributed by atoms with Gasteiger partial charge in [-0.25, -0.2) is 4.98 Å². The summed E-state index contributed by atoms with van der Waals surface area (Å²) >= 11 is 0. The summed E-state index contributed by atoms with van der Waals surface area (Å²) in [6, 6.07) is 3.24. The number of nitrogen functional groups attached to an aromatic ring is 1. The van der Waals surface area contributed by atoms with Gasteiger partial charge in [-0.2, -0.15) is 0 Å². The highest BCUT2D eigenvalue weighted by molar-refractivity contribution is 5.92. The molecule has 5 heteroatoms. The third-order valence-electron chi connectivity index (χ3n) is 2.02. The first-order valence-electron chi connectivity index (χ1n) is 5.24. The number of hydrogen-bond acceptors (Lipinski definition) is 4. The molecule has 1 unspecified atom stereocenters. The number of nitrogens with zero attached hydrogens (tertiary/aromatic N) is 1. The number of ether oxygens (including phenoxy) is 1. The Morgan fingerprint density at radius 2 is 2.38 bits per heavy atom. The van der Waals surface area contributed by atoms with E-state index in [4.69, 9.17) is 10.5 Å². The minimum absolute atomic E-state index is 0.00253. The van der Waals surface area contributed by atoms with Crippen LogP contribution in [-0.4, -0.2) is 30.1 Å². The van der Waals surface area contributed by atoms with Crippen molar-refractivity contribution in [1.29, 1.82) is 0 Å². The lowest BCUT2D eigenvalue weighted by Gasteiger charge is -2.12. The van der Waals surface area contributed by atoms with Gasteiger partial charge in [0, 0.05) is 13.2 Å². The number of nitrogens with two attached hydrogens (primary N) is 1. The number of carbonyl (C=O) groups excluding carboxylic acids is 1. The summed E-state index contributed by atoms with van der Waals surface area (Å²) in [5, 5.41) is 2.74. The van der Waals surface area contributed by atoms with Crippen LogP contribution in [0.4, 0.5) is 5.69 Å². The lowest BCUT2D eigenvalue weighted by atomic mass is 10.3. The highest BCUT2D eigenvalue weighted by atomic mass is 16.5. The van der Waals surface area contributed by atoms with Gasteiger partial charge in [-0.1, -0.05) is 0 Å². The minimum Gasteiger partial charge on any atom is -0.397 e. The predicted molar refractivity (Wildman–Crippen MR) is 62.1 cm³/mol. The Hall–Kier alpha value is -1.62. The molecule has 1 amide bonds. The molecular formula is C11H17N3O2. The largest absolute Gasteiger partial charge is 0.397 e. The Bertz CT molecular complexity index is 338. The van der Waals surface area contributed by atoms with Crippen LogP contribution in [0.3, 0.4) is 0 Å². The quantitative estimate of drug-likeness (QED) is 0.774. The zero-order valence-corrected chi connectivity index (χ0v) is 9.56. The van der Waals surface area contributed by atoms with Crippen molar-refractivity contribution in [3.05, 3.63) is 24.0 Å². The molecule has 0 aliphatic rings. The van der Waals surface area contributed by atoms with E-state index >= 15 is 0 Å². The van der Waals surface area contributed by atoms with Crippen molar-refractivity contribution in [2.45, 2.75) is 20.0 Å². The molecule has 0 spiro atoms. The standard InChI is InChI=1S/C11H17N3O2/c1-3-16-8(2)6-14-11(15)10-5-4-9(12)7-13-10/h4-5,7-8H,3,6,12H2,1-2H3,(H,14,15). The van der Waals surface area contributed by atoms with Gasteiger partial charge in [0.1, 0.15) is 5.69 Å². The Morgan fingerprint density at radius 3 is 2.94 bits per heavy atom. The van der Waals surface area contributed by atoms with Crippen molar-refractivity contribution in [2.75, 3.05) is 18.9 Å². The van der Waals surface area contributed by atoms with Gasteiger partial charge in [0.25, 0.3) is 5.91 Å². The molecule has 0 saturated carbocycles. The van der Waals surface area contributed by atoms with Crippen LogP contribution >= 0.6 is 0 Å². The maximum absolute atomic E-state index is 11.6. The fraction of sp³-hybridized carbons (Fsp3) is 0.455. The van der Waals surface area contributed by atoms with E-state index in [0.29, 0.717) is 24.5 Å². The van der Waals surface area contributed by atoms with Gasteiger partial charge >= 0.3 is 0 Å². The molecule has 3 N–H and O–H groups in total. The van der Waals surface area contributed by atoms with E-state index in [0.717, 1.165) is 0 Å². The second-order valence-corrected chi connectivity index (χ2v) is 3.45. The van der Waals surface area contributed by atoms with Crippen LogP contribution in [0.25, 0.3) is 0 Å². The SMILES string of the molecule is CCOC(C)CNC(=O)c1ccc(N)cn1. The fourth-order valence-corrected chi connectivity index (χ4v) is 1.21. The summed E-state index contributed by atoms with van der Waals surface area (Å²) in [6.45, 7) is 4.93. The zero-order valence-electron chi connectivity index (χ0n) is 9.56. The van der Waals surface area contributed by atoms with Crippen molar-refractivity contribution in [1.82, 2.24) is 10.3 Å². The first-order chi connectivity index (χ1) is 7.63. The van der Waals surface area contributed by atoms with E-state index < -0.39 is 0 Å². The molecule has 5 nitrogen and oxygen atoms in total. The third-order valence-corrected chi connectivity index (χ3v) is 2.02. The molecule has 0 aromatic carbocycles. The number of anilines is 1. The topological polar surface area (TPSA) is 77.2 Å². The molecule has 0 aliphatic heterocycles. The van der Waals surface area contributed by atoms with Gasteiger partial charge in [-0.05, 0) is 26.0 Å². The third kappa shape index (κ3) is 3.86. The summed E-state index contributed by atoms with van der Waals surface area (Å²) in [7, 11) is 0.